The zero-order chi connectivity index (χ0) is 8.27. The lowest BCUT2D eigenvalue weighted by Gasteiger charge is -2.00. The molecule has 0 aliphatic heterocycles. The van der Waals surface area contributed by atoms with Crippen LogP contribution in [0.1, 0.15) is 31.9 Å². The Bertz CT molecular complexity index is 213. The van der Waals surface area contributed by atoms with Crippen molar-refractivity contribution in [1.29, 1.82) is 0 Å². The van der Waals surface area contributed by atoms with Crippen molar-refractivity contribution in [3.63, 3.8) is 0 Å². The molecule has 2 heteroatoms. The first kappa shape index (κ1) is 8.34. The van der Waals surface area contributed by atoms with E-state index in [2.05, 4.69) is 30.0 Å². The molecule has 0 spiro atoms. The van der Waals surface area contributed by atoms with Gasteiger partial charge in [0.25, 0.3) is 0 Å². The van der Waals surface area contributed by atoms with E-state index in [-0.39, 0.29) is 6.04 Å². The van der Waals surface area contributed by atoms with Gasteiger partial charge < -0.3 is 10.3 Å². The van der Waals surface area contributed by atoms with Crippen molar-refractivity contribution in [3.05, 3.63) is 24.0 Å². The van der Waals surface area contributed by atoms with Crippen LogP contribution in [-0.4, -0.2) is 4.57 Å². The molecule has 0 aromatic carbocycles. The molecule has 1 aromatic rings. The monoisotopic (exact) mass is 152 g/mol. The maximum absolute atomic E-state index is 5.71. The summed E-state index contributed by atoms with van der Waals surface area (Å²) in [5.74, 6) is 0. The summed E-state index contributed by atoms with van der Waals surface area (Å²) in [5.41, 5.74) is 6.93. The molecule has 0 amide bonds. The fourth-order valence-electron chi connectivity index (χ4n) is 1.13. The number of hydrogen-bond donors (Lipinski definition) is 1. The summed E-state index contributed by atoms with van der Waals surface area (Å²) in [6.07, 6.45) is 5.38. The molecule has 2 nitrogen and oxygen atoms in total. The van der Waals surface area contributed by atoms with Gasteiger partial charge in [-0.3, -0.25) is 0 Å². The molecule has 0 bridgehead atoms. The number of aromatic nitrogens is 1. The average molecular weight is 152 g/mol. The van der Waals surface area contributed by atoms with Crippen LogP contribution in [0, 0.1) is 0 Å². The van der Waals surface area contributed by atoms with Gasteiger partial charge in [-0.25, -0.2) is 0 Å². The quantitative estimate of drug-likeness (QED) is 0.704. The number of rotatable bonds is 3. The number of nitrogens with zero attached hydrogens (tertiary/aromatic N) is 1. The van der Waals surface area contributed by atoms with Crippen LogP contribution in [0.5, 0.6) is 0 Å². The maximum Gasteiger partial charge on any atom is 0.0281 e. The van der Waals surface area contributed by atoms with Gasteiger partial charge in [0.15, 0.2) is 0 Å². The summed E-state index contributed by atoms with van der Waals surface area (Å²) in [5, 5.41) is 0. The third-order valence-electron chi connectivity index (χ3n) is 1.78. The summed E-state index contributed by atoms with van der Waals surface area (Å²) < 4.78 is 2.18. The van der Waals surface area contributed by atoms with Crippen molar-refractivity contribution >= 4 is 0 Å². The van der Waals surface area contributed by atoms with Crippen molar-refractivity contribution < 1.29 is 0 Å². The number of nitrogens with two attached hydrogens (primary N) is 1. The smallest absolute Gasteiger partial charge is 0.0281 e. The van der Waals surface area contributed by atoms with E-state index < -0.39 is 0 Å². The summed E-state index contributed by atoms with van der Waals surface area (Å²) in [6, 6.07) is 2.24. The van der Waals surface area contributed by atoms with Gasteiger partial charge in [-0.05, 0) is 25.0 Å². The van der Waals surface area contributed by atoms with Gasteiger partial charge in [-0.2, -0.15) is 0 Å². The first-order valence-electron chi connectivity index (χ1n) is 4.15. The highest BCUT2D eigenvalue weighted by Crippen LogP contribution is 2.09. The van der Waals surface area contributed by atoms with Crippen molar-refractivity contribution in [3.8, 4) is 0 Å². The Morgan fingerprint density at radius 1 is 1.64 bits per heavy atom. The van der Waals surface area contributed by atoms with Crippen LogP contribution < -0.4 is 5.73 Å². The van der Waals surface area contributed by atoms with Crippen LogP contribution in [0.15, 0.2) is 18.5 Å². The fraction of sp³-hybridized carbons (Fsp3) is 0.556. The van der Waals surface area contributed by atoms with E-state index in [9.17, 15) is 0 Å². The standard InChI is InChI=1S/C9H16N2/c1-3-5-11-6-4-9(7-11)8(2)10/h4,6-8H,3,5,10H2,1-2H3/t8-/m0/s1. The first-order chi connectivity index (χ1) is 5.24. The zero-order valence-electron chi connectivity index (χ0n) is 7.25. The highest BCUT2D eigenvalue weighted by Gasteiger charge is 1.99. The van der Waals surface area contributed by atoms with Crippen LogP contribution >= 0.6 is 0 Å². The number of hydrogen-bond acceptors (Lipinski definition) is 1. The highest BCUT2D eigenvalue weighted by atomic mass is 14.9. The molecule has 1 atom stereocenters. The Hall–Kier alpha value is -0.760. The predicted octanol–water partition coefficient (Wildman–Crippen LogP) is 1.92. The Labute approximate surface area is 68.0 Å². The minimum absolute atomic E-state index is 0.160. The van der Waals surface area contributed by atoms with Gasteiger partial charge >= 0.3 is 0 Å². The normalized spacial score (nSPS) is 13.4. The van der Waals surface area contributed by atoms with E-state index >= 15 is 0 Å². The van der Waals surface area contributed by atoms with Gasteiger partial charge in [0.05, 0.1) is 0 Å². The molecule has 2 N–H and O–H groups in total. The Kier molecular flexibility index (Phi) is 2.71. The van der Waals surface area contributed by atoms with Gasteiger partial charge in [0, 0.05) is 25.0 Å². The molecular weight excluding hydrogens is 136 g/mol. The molecule has 1 rings (SSSR count). The lowest BCUT2D eigenvalue weighted by atomic mass is 10.2. The molecule has 0 saturated heterocycles. The number of aryl methyl sites for hydroxylation is 1. The van der Waals surface area contributed by atoms with Gasteiger partial charge in [-0.15, -0.1) is 0 Å². The summed E-state index contributed by atoms with van der Waals surface area (Å²) in [6.45, 7) is 5.27. The van der Waals surface area contributed by atoms with E-state index in [1.54, 1.807) is 0 Å². The molecule has 0 radical (unpaired) electrons. The van der Waals surface area contributed by atoms with Crippen molar-refractivity contribution in [2.45, 2.75) is 32.9 Å². The van der Waals surface area contributed by atoms with Crippen LogP contribution in [0.4, 0.5) is 0 Å². The summed E-state index contributed by atoms with van der Waals surface area (Å²) in [4.78, 5) is 0. The van der Waals surface area contributed by atoms with Crippen molar-refractivity contribution in [2.24, 2.45) is 5.73 Å². The molecule has 11 heavy (non-hydrogen) atoms. The van der Waals surface area contributed by atoms with Crippen molar-refractivity contribution in [2.75, 3.05) is 0 Å². The molecule has 0 fully saturated rings. The van der Waals surface area contributed by atoms with E-state index in [0.29, 0.717) is 0 Å². The lowest BCUT2D eigenvalue weighted by molar-refractivity contribution is 0.678. The van der Waals surface area contributed by atoms with Gasteiger partial charge in [-0.1, -0.05) is 6.92 Å². The third kappa shape index (κ3) is 2.09. The molecule has 0 aliphatic rings. The molecular formula is C9H16N2. The Balaban J connectivity index is 2.66. The van der Waals surface area contributed by atoms with E-state index in [1.165, 1.54) is 12.0 Å². The summed E-state index contributed by atoms with van der Waals surface area (Å²) in [7, 11) is 0. The van der Waals surface area contributed by atoms with Crippen LogP contribution in [0.2, 0.25) is 0 Å². The second-order valence-corrected chi connectivity index (χ2v) is 2.97. The molecule has 0 unspecified atom stereocenters. The second-order valence-electron chi connectivity index (χ2n) is 2.97. The largest absolute Gasteiger partial charge is 0.354 e. The SMILES string of the molecule is CCCn1ccc([C@H](C)N)c1. The maximum atomic E-state index is 5.71. The molecule has 0 saturated carbocycles. The van der Waals surface area contributed by atoms with Crippen molar-refractivity contribution in [1.82, 2.24) is 4.57 Å². The summed E-state index contributed by atoms with van der Waals surface area (Å²) >= 11 is 0. The van der Waals surface area contributed by atoms with Crippen LogP contribution in [0.25, 0.3) is 0 Å². The second kappa shape index (κ2) is 3.58. The lowest BCUT2D eigenvalue weighted by Crippen LogP contribution is -2.03. The predicted molar refractivity (Wildman–Crippen MR) is 47.3 cm³/mol. The minimum atomic E-state index is 0.160. The minimum Gasteiger partial charge on any atom is -0.354 e. The third-order valence-corrected chi connectivity index (χ3v) is 1.78. The molecule has 1 heterocycles. The zero-order valence-corrected chi connectivity index (χ0v) is 7.25. The van der Waals surface area contributed by atoms with E-state index in [1.807, 2.05) is 6.92 Å². The topological polar surface area (TPSA) is 30.9 Å². The van der Waals surface area contributed by atoms with Gasteiger partial charge in [0.1, 0.15) is 0 Å². The molecule has 1 aromatic heterocycles. The van der Waals surface area contributed by atoms with Crippen LogP contribution in [0.3, 0.4) is 0 Å². The average Bonchev–Trinajstić information content (AvgIpc) is 2.37. The molecule has 62 valence electrons. The fourth-order valence-corrected chi connectivity index (χ4v) is 1.13. The molecule has 0 aliphatic carbocycles. The Morgan fingerprint density at radius 2 is 2.36 bits per heavy atom. The van der Waals surface area contributed by atoms with E-state index in [0.717, 1.165) is 6.54 Å². The van der Waals surface area contributed by atoms with E-state index in [4.69, 9.17) is 5.73 Å². The van der Waals surface area contributed by atoms with Crippen LogP contribution in [-0.2, 0) is 6.54 Å². The first-order valence-corrected chi connectivity index (χ1v) is 4.15. The Morgan fingerprint density at radius 3 is 2.82 bits per heavy atom. The van der Waals surface area contributed by atoms with Gasteiger partial charge in [0.2, 0.25) is 0 Å². The highest BCUT2D eigenvalue weighted by molar-refractivity contribution is 5.13.